The van der Waals surface area contributed by atoms with Gasteiger partial charge in [-0.25, -0.2) is 0 Å². The van der Waals surface area contributed by atoms with Gasteiger partial charge in [-0.3, -0.25) is 0 Å². The molecule has 8 aromatic carbocycles. The van der Waals surface area contributed by atoms with Crippen molar-refractivity contribution in [1.82, 2.24) is 0 Å². The fourth-order valence-corrected chi connectivity index (χ4v) is 17.3. The fraction of sp³-hybridized carbons (Fsp3) is 0. The van der Waals surface area contributed by atoms with Crippen molar-refractivity contribution in [2.75, 3.05) is 0 Å². The van der Waals surface area contributed by atoms with E-state index in [1.54, 1.807) is 0 Å². The number of hydrogen-bond donors (Lipinski definition) is 0. The maximum absolute atomic E-state index is 9.38. The van der Waals surface area contributed by atoms with Crippen molar-refractivity contribution in [3.63, 3.8) is 0 Å². The SMILES string of the molecule is [O]=[Cr](=[O])([O-])[O][Cr](=[O])(=[O])[O-].c1ccc([P+](c2ccccc2)(c2ccccc2)c2ccccc2)cc1.c1ccc([P+](c2ccccc2)(c2ccccc2)c2ccccc2)cc1. The van der Waals surface area contributed by atoms with E-state index in [0.29, 0.717) is 0 Å². The van der Waals surface area contributed by atoms with Crippen LogP contribution < -0.4 is 50.8 Å². The summed E-state index contributed by atoms with van der Waals surface area (Å²) in [6.45, 7) is 0. The molecule has 0 spiro atoms. The third kappa shape index (κ3) is 10.7. The molecular formula is C48H40Cr2O7P2. The fourth-order valence-electron chi connectivity index (χ4n) is 7.10. The third-order valence-electron chi connectivity index (χ3n) is 9.31. The molecule has 59 heavy (non-hydrogen) atoms. The summed E-state index contributed by atoms with van der Waals surface area (Å²) in [5.41, 5.74) is 0. The van der Waals surface area contributed by atoms with E-state index in [4.69, 9.17) is 0 Å². The molecule has 11 heteroatoms. The van der Waals surface area contributed by atoms with Crippen LogP contribution in [0.4, 0.5) is 0 Å². The zero-order chi connectivity index (χ0) is 41.6. The summed E-state index contributed by atoms with van der Waals surface area (Å²) in [6.07, 6.45) is 0. The first-order valence-corrected chi connectivity index (χ1v) is 26.1. The Morgan fingerprint density at radius 1 is 0.254 bits per heavy atom. The van der Waals surface area contributed by atoms with Gasteiger partial charge in [0.1, 0.15) is 57.0 Å². The van der Waals surface area contributed by atoms with Crippen molar-refractivity contribution < 1.29 is 53.6 Å². The van der Waals surface area contributed by atoms with Gasteiger partial charge in [-0.2, -0.15) is 0 Å². The molecule has 8 aromatic rings. The van der Waals surface area contributed by atoms with Gasteiger partial charge in [0, 0.05) is 0 Å². The van der Waals surface area contributed by atoms with Crippen LogP contribution in [0.15, 0.2) is 243 Å². The monoisotopic (exact) mass is 894 g/mol. The van der Waals surface area contributed by atoms with Gasteiger partial charge < -0.3 is 0 Å². The zero-order valence-electron chi connectivity index (χ0n) is 31.7. The molecule has 0 aliphatic carbocycles. The molecule has 0 atom stereocenters. The molecule has 0 amide bonds. The van der Waals surface area contributed by atoms with E-state index in [0.717, 1.165) is 0 Å². The quantitative estimate of drug-likeness (QED) is 0.162. The van der Waals surface area contributed by atoms with Crippen LogP contribution in [0.25, 0.3) is 0 Å². The first kappa shape index (κ1) is 43.3. The Hall–Kier alpha value is -5.24. The maximum Gasteiger partial charge on any atom is 0.144 e. The van der Waals surface area contributed by atoms with E-state index in [9.17, 15) is 23.5 Å². The van der Waals surface area contributed by atoms with Crippen molar-refractivity contribution in [1.29, 1.82) is 0 Å². The molecule has 0 saturated heterocycles. The molecule has 0 radical (unpaired) electrons. The minimum atomic E-state index is -6.07. The van der Waals surface area contributed by atoms with Crippen molar-refractivity contribution in [2.45, 2.75) is 0 Å². The molecule has 296 valence electrons. The Balaban J connectivity index is 0.000000165. The predicted octanol–water partition coefficient (Wildman–Crippen LogP) is 5.69. The molecule has 0 aromatic heterocycles. The van der Waals surface area contributed by atoms with Crippen LogP contribution in [-0.4, -0.2) is 0 Å². The normalized spacial score (nSPS) is 11.6. The van der Waals surface area contributed by atoms with Gasteiger partial charge in [0.05, 0.1) is 0 Å². The Morgan fingerprint density at radius 3 is 0.458 bits per heavy atom. The summed E-state index contributed by atoms with van der Waals surface area (Å²) in [5.74, 6) is 0. The van der Waals surface area contributed by atoms with Crippen molar-refractivity contribution in [2.24, 2.45) is 0 Å². The second-order valence-corrected chi connectivity index (χ2v) is 23.4. The summed E-state index contributed by atoms with van der Waals surface area (Å²) >= 11 is -12.1. The third-order valence-corrected chi connectivity index (χ3v) is 20.6. The van der Waals surface area contributed by atoms with Gasteiger partial charge >= 0.3 is 53.6 Å². The minimum absolute atomic E-state index is 1.39. The molecule has 8 rings (SSSR count). The van der Waals surface area contributed by atoms with Crippen LogP contribution in [0.3, 0.4) is 0 Å². The van der Waals surface area contributed by atoms with Gasteiger partial charge in [-0.05, 0) is 97.1 Å². The largest absolute Gasteiger partial charge is 0.144 e. The van der Waals surface area contributed by atoms with Crippen LogP contribution in [0, 0.1) is 0 Å². The molecule has 7 nitrogen and oxygen atoms in total. The summed E-state index contributed by atoms with van der Waals surface area (Å²) < 4.78 is 58.9. The zero-order valence-corrected chi connectivity index (χ0v) is 36.0. The van der Waals surface area contributed by atoms with Crippen LogP contribution in [0.1, 0.15) is 0 Å². The smallest absolute Gasteiger partial charge is 0.0620 e. The van der Waals surface area contributed by atoms with E-state index in [1.807, 2.05) is 0 Å². The molecule has 0 N–H and O–H groups in total. The first-order chi connectivity index (χ1) is 28.5. The van der Waals surface area contributed by atoms with E-state index >= 15 is 0 Å². The van der Waals surface area contributed by atoms with Crippen LogP contribution in [-0.2, 0) is 45.3 Å². The Morgan fingerprint density at radius 2 is 0.373 bits per heavy atom. The van der Waals surface area contributed by atoms with Crippen LogP contribution >= 0.6 is 14.5 Å². The standard InChI is InChI=1S/2C24H20P.2Cr.7O/c2*1-5-13-21(14-6-1)25(22-15-7-2-8-16-22,23-17-9-3-10-18-23)24-19-11-4-12-20-24;;;;;;;;;/h2*1-20H;;;;;;;;;/q2*+1;;;;;;;;2*-1. The number of benzene rings is 8. The molecule has 0 aliphatic heterocycles. The molecule has 0 unspecified atom stereocenters. The summed E-state index contributed by atoms with van der Waals surface area (Å²) in [4.78, 5) is 0. The summed E-state index contributed by atoms with van der Waals surface area (Å²) in [7, 11) is -3.81. The van der Waals surface area contributed by atoms with Gasteiger partial charge in [-0.15, -0.1) is 0 Å². The predicted molar refractivity (Wildman–Crippen MR) is 226 cm³/mol. The second-order valence-electron chi connectivity index (χ2n) is 12.9. The molecule has 0 aliphatic rings. The Bertz CT molecular complexity index is 2180. The molecule has 0 fully saturated rings. The summed E-state index contributed by atoms with van der Waals surface area (Å²) in [6, 6.07) is 87.7. The molecule has 0 saturated carbocycles. The van der Waals surface area contributed by atoms with E-state index in [1.165, 1.54) is 42.4 Å². The van der Waals surface area contributed by atoms with E-state index in [2.05, 4.69) is 245 Å². The minimum Gasteiger partial charge on any atom is -0.0620 e. The van der Waals surface area contributed by atoms with Crippen molar-refractivity contribution in [3.8, 4) is 0 Å². The molecule has 0 heterocycles. The molecule has 0 bridgehead atoms. The number of rotatable bonds is 10. The topological polar surface area (TPSA) is 124 Å². The molecular weight excluding hydrogens is 854 g/mol. The van der Waals surface area contributed by atoms with Gasteiger partial charge in [0.15, 0.2) is 0 Å². The van der Waals surface area contributed by atoms with E-state index < -0.39 is 41.8 Å². The van der Waals surface area contributed by atoms with Gasteiger partial charge in [0.2, 0.25) is 0 Å². The van der Waals surface area contributed by atoms with Crippen molar-refractivity contribution in [3.05, 3.63) is 243 Å². The average Bonchev–Trinajstić information content (AvgIpc) is 3.27. The van der Waals surface area contributed by atoms with Gasteiger partial charge in [0.25, 0.3) is 0 Å². The van der Waals surface area contributed by atoms with Crippen LogP contribution in [0.2, 0.25) is 0 Å². The van der Waals surface area contributed by atoms with Crippen LogP contribution in [0.5, 0.6) is 0 Å². The van der Waals surface area contributed by atoms with E-state index in [-0.39, 0.29) is 0 Å². The Kier molecular flexibility index (Phi) is 14.8. The van der Waals surface area contributed by atoms with Gasteiger partial charge in [-0.1, -0.05) is 146 Å². The number of hydrogen-bond acceptors (Lipinski definition) is 7. The second kappa shape index (κ2) is 20.2. The average molecular weight is 895 g/mol. The first-order valence-electron chi connectivity index (χ1n) is 18.4. The summed E-state index contributed by atoms with van der Waals surface area (Å²) in [5, 5.41) is 11.1. The van der Waals surface area contributed by atoms with Crippen molar-refractivity contribution >= 4 is 57.0 Å². The Labute approximate surface area is 351 Å². The maximum atomic E-state index is 9.38.